The predicted octanol–water partition coefficient (Wildman–Crippen LogP) is 3.89. The second-order valence-corrected chi connectivity index (χ2v) is 6.61. The molecule has 1 aromatic heterocycles. The summed E-state index contributed by atoms with van der Waals surface area (Å²) in [5.41, 5.74) is 2.48. The molecule has 0 N–H and O–H groups in total. The molecule has 26 heavy (non-hydrogen) atoms. The smallest absolute Gasteiger partial charge is 0.337 e. The normalized spacial score (nSPS) is 11.0. The number of carbonyl (C=O) groups is 1. The zero-order valence-electron chi connectivity index (χ0n) is 13.9. The van der Waals surface area contributed by atoms with E-state index in [1.54, 1.807) is 41.5 Å². The number of halogens is 1. The average molecular weight is 387 g/mol. The van der Waals surface area contributed by atoms with Crippen LogP contribution in [0.1, 0.15) is 21.5 Å². The third kappa shape index (κ3) is 4.71. The molecule has 0 spiro atoms. The van der Waals surface area contributed by atoms with Crippen molar-refractivity contribution >= 4 is 35.5 Å². The van der Waals surface area contributed by atoms with Crippen LogP contribution in [0.15, 0.2) is 65.1 Å². The van der Waals surface area contributed by atoms with Gasteiger partial charge >= 0.3 is 5.97 Å². The van der Waals surface area contributed by atoms with Gasteiger partial charge in [0.15, 0.2) is 0 Å². The molecule has 0 amide bonds. The standard InChI is InChI=1S/C18H15ClN4O2S/c1-25-17(24)15-6-2-13(3-7-15)10-21-23-12-20-22-18(23)26-11-14-4-8-16(19)9-5-14/h2-10,12H,11H2,1H3/b21-10+. The van der Waals surface area contributed by atoms with E-state index < -0.39 is 0 Å². The molecule has 0 atom stereocenters. The van der Waals surface area contributed by atoms with E-state index in [4.69, 9.17) is 11.6 Å². The van der Waals surface area contributed by atoms with E-state index in [0.29, 0.717) is 15.7 Å². The Bertz CT molecular complexity index is 908. The number of hydrogen-bond donors (Lipinski definition) is 0. The van der Waals surface area contributed by atoms with Crippen molar-refractivity contribution in [3.05, 3.63) is 76.6 Å². The number of benzene rings is 2. The van der Waals surface area contributed by atoms with E-state index in [9.17, 15) is 4.79 Å². The molecule has 3 rings (SSSR count). The summed E-state index contributed by atoms with van der Waals surface area (Å²) in [6.45, 7) is 0. The van der Waals surface area contributed by atoms with E-state index in [1.807, 2.05) is 24.3 Å². The first-order chi connectivity index (χ1) is 12.7. The zero-order chi connectivity index (χ0) is 18.4. The monoisotopic (exact) mass is 386 g/mol. The van der Waals surface area contributed by atoms with Gasteiger partial charge in [0.25, 0.3) is 0 Å². The zero-order valence-corrected chi connectivity index (χ0v) is 15.4. The number of aromatic nitrogens is 3. The fraction of sp³-hybridized carbons (Fsp3) is 0.111. The number of nitrogens with zero attached hydrogens (tertiary/aromatic N) is 4. The van der Waals surface area contributed by atoms with Gasteiger partial charge in [0, 0.05) is 10.8 Å². The van der Waals surface area contributed by atoms with Crippen LogP contribution in [0.25, 0.3) is 0 Å². The molecule has 0 aliphatic carbocycles. The Morgan fingerprint density at radius 1 is 1.23 bits per heavy atom. The summed E-state index contributed by atoms with van der Waals surface area (Å²) in [5, 5.41) is 13.8. The van der Waals surface area contributed by atoms with Crippen LogP contribution in [0.4, 0.5) is 0 Å². The van der Waals surface area contributed by atoms with Crippen molar-refractivity contribution in [2.45, 2.75) is 10.9 Å². The molecular weight excluding hydrogens is 372 g/mol. The summed E-state index contributed by atoms with van der Waals surface area (Å²) in [7, 11) is 1.35. The van der Waals surface area contributed by atoms with E-state index >= 15 is 0 Å². The van der Waals surface area contributed by atoms with E-state index in [2.05, 4.69) is 20.0 Å². The van der Waals surface area contributed by atoms with Gasteiger partial charge in [-0.3, -0.25) is 0 Å². The first-order valence-corrected chi connectivity index (χ1v) is 9.02. The van der Waals surface area contributed by atoms with Gasteiger partial charge in [-0.2, -0.15) is 9.78 Å². The highest BCUT2D eigenvalue weighted by Gasteiger charge is 2.06. The first kappa shape index (κ1) is 18.2. The van der Waals surface area contributed by atoms with Crippen LogP contribution in [-0.4, -0.2) is 34.2 Å². The molecule has 6 nitrogen and oxygen atoms in total. The van der Waals surface area contributed by atoms with Crippen molar-refractivity contribution in [2.75, 3.05) is 7.11 Å². The number of ether oxygens (including phenoxy) is 1. The average Bonchev–Trinajstić information content (AvgIpc) is 3.13. The number of carbonyl (C=O) groups excluding carboxylic acids is 1. The van der Waals surface area contributed by atoms with Crippen LogP contribution in [0.5, 0.6) is 0 Å². The Labute approximate surface area is 159 Å². The van der Waals surface area contributed by atoms with Gasteiger partial charge in [-0.1, -0.05) is 47.6 Å². The summed E-state index contributed by atoms with van der Waals surface area (Å²) in [6.07, 6.45) is 3.22. The molecule has 2 aromatic carbocycles. The molecule has 0 radical (unpaired) electrons. The van der Waals surface area contributed by atoms with Gasteiger partial charge in [0.1, 0.15) is 6.33 Å². The molecular formula is C18H15ClN4O2S. The fourth-order valence-corrected chi connectivity index (χ4v) is 3.02. The minimum absolute atomic E-state index is 0.367. The predicted molar refractivity (Wildman–Crippen MR) is 102 cm³/mol. The lowest BCUT2D eigenvalue weighted by Gasteiger charge is -2.02. The highest BCUT2D eigenvalue weighted by molar-refractivity contribution is 7.98. The Kier molecular flexibility index (Phi) is 6.04. The van der Waals surface area contributed by atoms with Crippen LogP contribution in [0.3, 0.4) is 0 Å². The Balaban J connectivity index is 1.65. The Hall–Kier alpha value is -2.64. The number of esters is 1. The summed E-state index contributed by atoms with van der Waals surface area (Å²) < 4.78 is 6.28. The molecule has 1 heterocycles. The molecule has 3 aromatic rings. The molecule has 0 aliphatic rings. The lowest BCUT2D eigenvalue weighted by Crippen LogP contribution is -2.00. The molecule has 132 valence electrons. The van der Waals surface area contributed by atoms with Crippen molar-refractivity contribution in [2.24, 2.45) is 5.10 Å². The van der Waals surface area contributed by atoms with Crippen LogP contribution in [0.2, 0.25) is 5.02 Å². The van der Waals surface area contributed by atoms with Gasteiger partial charge in [0.05, 0.1) is 18.9 Å². The van der Waals surface area contributed by atoms with Gasteiger partial charge in [0.2, 0.25) is 5.16 Å². The van der Waals surface area contributed by atoms with Gasteiger partial charge in [-0.15, -0.1) is 10.2 Å². The molecule has 0 aliphatic heterocycles. The lowest BCUT2D eigenvalue weighted by molar-refractivity contribution is 0.0600. The third-order valence-corrected chi connectivity index (χ3v) is 4.70. The number of rotatable bonds is 6. The van der Waals surface area contributed by atoms with Crippen LogP contribution >= 0.6 is 23.4 Å². The van der Waals surface area contributed by atoms with Crippen molar-refractivity contribution in [1.82, 2.24) is 14.9 Å². The molecule has 0 saturated heterocycles. The minimum Gasteiger partial charge on any atom is -0.465 e. The summed E-state index contributed by atoms with van der Waals surface area (Å²) in [5.74, 6) is 0.368. The highest BCUT2D eigenvalue weighted by atomic mass is 35.5. The van der Waals surface area contributed by atoms with Gasteiger partial charge in [-0.25, -0.2) is 4.79 Å². The molecule has 0 bridgehead atoms. The number of hydrogen-bond acceptors (Lipinski definition) is 6. The van der Waals surface area contributed by atoms with Crippen molar-refractivity contribution in [3.63, 3.8) is 0 Å². The molecule has 0 saturated carbocycles. The summed E-state index contributed by atoms with van der Waals surface area (Å²) >= 11 is 7.42. The molecule has 0 fully saturated rings. The molecule has 8 heteroatoms. The quantitative estimate of drug-likeness (QED) is 0.365. The second kappa shape index (κ2) is 8.64. The lowest BCUT2D eigenvalue weighted by atomic mass is 10.1. The van der Waals surface area contributed by atoms with Gasteiger partial charge in [-0.05, 0) is 35.4 Å². The Morgan fingerprint density at radius 3 is 2.65 bits per heavy atom. The summed E-state index contributed by atoms with van der Waals surface area (Å²) in [4.78, 5) is 11.4. The number of methoxy groups -OCH3 is 1. The van der Waals surface area contributed by atoms with Crippen molar-refractivity contribution < 1.29 is 9.53 Å². The maximum Gasteiger partial charge on any atom is 0.337 e. The van der Waals surface area contributed by atoms with Crippen LogP contribution < -0.4 is 0 Å². The minimum atomic E-state index is -0.367. The van der Waals surface area contributed by atoms with Crippen LogP contribution in [0, 0.1) is 0 Å². The van der Waals surface area contributed by atoms with Crippen LogP contribution in [-0.2, 0) is 10.5 Å². The van der Waals surface area contributed by atoms with Crippen molar-refractivity contribution in [1.29, 1.82) is 0 Å². The fourth-order valence-electron chi connectivity index (χ4n) is 2.07. The van der Waals surface area contributed by atoms with E-state index in [1.165, 1.54) is 18.9 Å². The van der Waals surface area contributed by atoms with Crippen molar-refractivity contribution in [3.8, 4) is 0 Å². The Morgan fingerprint density at radius 2 is 1.96 bits per heavy atom. The first-order valence-electron chi connectivity index (χ1n) is 7.66. The van der Waals surface area contributed by atoms with E-state index in [-0.39, 0.29) is 5.97 Å². The molecule has 0 unspecified atom stereocenters. The van der Waals surface area contributed by atoms with E-state index in [0.717, 1.165) is 16.9 Å². The second-order valence-electron chi connectivity index (χ2n) is 5.23. The SMILES string of the molecule is COC(=O)c1ccc(/C=N/n2cnnc2SCc2ccc(Cl)cc2)cc1. The van der Waals surface area contributed by atoms with Gasteiger partial charge < -0.3 is 4.74 Å². The topological polar surface area (TPSA) is 69.4 Å². The number of thioether (sulfide) groups is 1. The maximum atomic E-state index is 11.4. The summed E-state index contributed by atoms with van der Waals surface area (Å²) in [6, 6.07) is 14.6. The maximum absolute atomic E-state index is 11.4. The largest absolute Gasteiger partial charge is 0.465 e. The third-order valence-electron chi connectivity index (χ3n) is 3.44. The highest BCUT2D eigenvalue weighted by Crippen LogP contribution is 2.21.